The molecule has 1 saturated carbocycles. The number of nitrogens with one attached hydrogen (secondary N) is 1. The van der Waals surface area contributed by atoms with E-state index in [0.29, 0.717) is 18.3 Å². The van der Waals surface area contributed by atoms with Gasteiger partial charge in [-0.15, -0.1) is 0 Å². The molecule has 1 unspecified atom stereocenters. The number of aliphatic hydroxyl groups is 1. The number of anilines is 1. The Morgan fingerprint density at radius 2 is 2.06 bits per heavy atom. The van der Waals surface area contributed by atoms with Crippen molar-refractivity contribution in [2.24, 2.45) is 0 Å². The van der Waals surface area contributed by atoms with Gasteiger partial charge in [0, 0.05) is 18.3 Å². The van der Waals surface area contributed by atoms with Crippen molar-refractivity contribution >= 4 is 5.69 Å². The Balaban J connectivity index is 1.82. The first-order chi connectivity index (χ1) is 8.25. The number of nitrogens with two attached hydrogens (primary N) is 1. The van der Waals surface area contributed by atoms with Crippen LogP contribution in [0.3, 0.4) is 0 Å². The summed E-state index contributed by atoms with van der Waals surface area (Å²) in [5.41, 5.74) is 7.31. The van der Waals surface area contributed by atoms with Gasteiger partial charge in [-0.1, -0.05) is 31.4 Å². The summed E-state index contributed by atoms with van der Waals surface area (Å²) < 4.78 is 0. The highest BCUT2D eigenvalue weighted by Gasteiger charge is 2.15. The summed E-state index contributed by atoms with van der Waals surface area (Å²) in [5.74, 6) is 0. The number of nitrogen functional groups attached to an aromatic ring is 1. The summed E-state index contributed by atoms with van der Waals surface area (Å²) in [6.45, 7) is 0.619. The first-order valence-electron chi connectivity index (χ1n) is 6.52. The van der Waals surface area contributed by atoms with Gasteiger partial charge in [-0.05, 0) is 30.5 Å². The first kappa shape index (κ1) is 12.4. The van der Waals surface area contributed by atoms with Crippen molar-refractivity contribution < 1.29 is 5.11 Å². The van der Waals surface area contributed by atoms with E-state index < -0.39 is 6.10 Å². The van der Waals surface area contributed by atoms with Crippen LogP contribution in [0.4, 0.5) is 5.69 Å². The molecule has 2 rings (SSSR count). The molecular weight excluding hydrogens is 212 g/mol. The lowest BCUT2D eigenvalue weighted by Gasteiger charge is -2.24. The second-order valence-electron chi connectivity index (χ2n) is 4.93. The predicted molar refractivity (Wildman–Crippen MR) is 70.7 cm³/mol. The largest absolute Gasteiger partial charge is 0.399 e. The van der Waals surface area contributed by atoms with E-state index in [4.69, 9.17) is 5.73 Å². The van der Waals surface area contributed by atoms with Crippen LogP contribution in [-0.4, -0.2) is 17.7 Å². The van der Waals surface area contributed by atoms with E-state index in [0.717, 1.165) is 5.56 Å². The minimum Gasteiger partial charge on any atom is -0.399 e. The van der Waals surface area contributed by atoms with E-state index in [9.17, 15) is 5.11 Å². The fraction of sp³-hybridized carbons (Fsp3) is 0.571. The Kier molecular flexibility index (Phi) is 4.40. The van der Waals surface area contributed by atoms with Crippen LogP contribution in [0.15, 0.2) is 24.3 Å². The molecule has 0 spiro atoms. The first-order valence-corrected chi connectivity index (χ1v) is 6.52. The third-order valence-corrected chi connectivity index (χ3v) is 3.50. The molecule has 1 fully saturated rings. The molecule has 1 aromatic carbocycles. The van der Waals surface area contributed by atoms with Gasteiger partial charge in [0.1, 0.15) is 0 Å². The van der Waals surface area contributed by atoms with Gasteiger partial charge in [-0.25, -0.2) is 0 Å². The van der Waals surface area contributed by atoms with Gasteiger partial charge >= 0.3 is 0 Å². The Labute approximate surface area is 103 Å². The summed E-state index contributed by atoms with van der Waals surface area (Å²) in [5, 5.41) is 13.5. The van der Waals surface area contributed by atoms with Gasteiger partial charge in [0.2, 0.25) is 0 Å². The van der Waals surface area contributed by atoms with Gasteiger partial charge in [0.25, 0.3) is 0 Å². The van der Waals surface area contributed by atoms with E-state index in [1.165, 1.54) is 32.1 Å². The minimum atomic E-state index is -0.458. The summed E-state index contributed by atoms with van der Waals surface area (Å²) >= 11 is 0. The fourth-order valence-corrected chi connectivity index (χ4v) is 2.47. The molecule has 4 N–H and O–H groups in total. The van der Waals surface area contributed by atoms with Crippen molar-refractivity contribution in [1.29, 1.82) is 0 Å². The second kappa shape index (κ2) is 6.03. The van der Waals surface area contributed by atoms with Crippen molar-refractivity contribution in [2.75, 3.05) is 12.3 Å². The molecule has 1 aromatic rings. The Morgan fingerprint density at radius 3 is 2.76 bits per heavy atom. The SMILES string of the molecule is Nc1cccc(C(O)CNC2CCCCC2)c1. The molecule has 94 valence electrons. The molecule has 0 aliphatic heterocycles. The summed E-state index contributed by atoms with van der Waals surface area (Å²) in [4.78, 5) is 0. The van der Waals surface area contributed by atoms with E-state index in [2.05, 4.69) is 5.32 Å². The maximum Gasteiger partial charge on any atom is 0.0915 e. The maximum absolute atomic E-state index is 10.1. The third-order valence-electron chi connectivity index (χ3n) is 3.50. The number of hydrogen-bond acceptors (Lipinski definition) is 3. The normalized spacial score (nSPS) is 19.1. The fourth-order valence-electron chi connectivity index (χ4n) is 2.47. The van der Waals surface area contributed by atoms with E-state index in [1.807, 2.05) is 24.3 Å². The Hall–Kier alpha value is -1.06. The van der Waals surface area contributed by atoms with Crippen LogP contribution in [0.5, 0.6) is 0 Å². The van der Waals surface area contributed by atoms with Crippen LogP contribution >= 0.6 is 0 Å². The average Bonchev–Trinajstić information content (AvgIpc) is 2.37. The summed E-state index contributed by atoms with van der Waals surface area (Å²) in [6.07, 6.45) is 6.00. The van der Waals surface area contributed by atoms with Gasteiger partial charge in [0.05, 0.1) is 6.10 Å². The smallest absolute Gasteiger partial charge is 0.0915 e. The standard InChI is InChI=1S/C14H22N2O/c15-12-6-4-5-11(9-12)14(17)10-16-13-7-2-1-3-8-13/h4-6,9,13-14,16-17H,1-3,7-8,10,15H2. The van der Waals surface area contributed by atoms with Gasteiger partial charge in [0.15, 0.2) is 0 Å². The average molecular weight is 234 g/mol. The molecular formula is C14H22N2O. The van der Waals surface area contributed by atoms with Crippen molar-refractivity contribution in [1.82, 2.24) is 5.32 Å². The molecule has 1 aliphatic carbocycles. The lowest BCUT2D eigenvalue weighted by Crippen LogP contribution is -2.34. The van der Waals surface area contributed by atoms with Crippen molar-refractivity contribution in [3.63, 3.8) is 0 Å². The van der Waals surface area contributed by atoms with Crippen LogP contribution in [0.25, 0.3) is 0 Å². The topological polar surface area (TPSA) is 58.3 Å². The molecule has 3 nitrogen and oxygen atoms in total. The van der Waals surface area contributed by atoms with E-state index >= 15 is 0 Å². The van der Waals surface area contributed by atoms with Crippen LogP contribution in [0.1, 0.15) is 43.8 Å². The molecule has 17 heavy (non-hydrogen) atoms. The van der Waals surface area contributed by atoms with Crippen LogP contribution < -0.4 is 11.1 Å². The van der Waals surface area contributed by atoms with Gasteiger partial charge in [-0.3, -0.25) is 0 Å². The lowest BCUT2D eigenvalue weighted by atomic mass is 9.95. The molecule has 1 atom stereocenters. The molecule has 0 bridgehead atoms. The predicted octanol–water partition coefficient (Wildman–Crippen LogP) is 2.22. The maximum atomic E-state index is 10.1. The lowest BCUT2D eigenvalue weighted by molar-refractivity contribution is 0.165. The van der Waals surface area contributed by atoms with Crippen LogP contribution in [0.2, 0.25) is 0 Å². The minimum absolute atomic E-state index is 0.458. The van der Waals surface area contributed by atoms with Gasteiger partial charge < -0.3 is 16.2 Å². The summed E-state index contributed by atoms with van der Waals surface area (Å²) in [7, 11) is 0. The van der Waals surface area contributed by atoms with Crippen LogP contribution in [0, 0.1) is 0 Å². The molecule has 0 aromatic heterocycles. The Morgan fingerprint density at radius 1 is 1.29 bits per heavy atom. The molecule has 1 aliphatic rings. The second-order valence-corrected chi connectivity index (χ2v) is 4.93. The molecule has 0 heterocycles. The quantitative estimate of drug-likeness (QED) is 0.700. The molecule has 0 saturated heterocycles. The highest BCUT2D eigenvalue weighted by Crippen LogP contribution is 2.19. The number of aliphatic hydroxyl groups excluding tert-OH is 1. The number of benzene rings is 1. The van der Waals surface area contributed by atoms with Crippen molar-refractivity contribution in [3.05, 3.63) is 29.8 Å². The van der Waals surface area contributed by atoms with Crippen LogP contribution in [-0.2, 0) is 0 Å². The van der Waals surface area contributed by atoms with E-state index in [1.54, 1.807) is 0 Å². The number of hydrogen-bond donors (Lipinski definition) is 3. The zero-order valence-electron chi connectivity index (χ0n) is 10.2. The highest BCUT2D eigenvalue weighted by molar-refractivity contribution is 5.41. The summed E-state index contributed by atoms with van der Waals surface area (Å²) in [6, 6.07) is 8.07. The van der Waals surface area contributed by atoms with E-state index in [-0.39, 0.29) is 0 Å². The van der Waals surface area contributed by atoms with Crippen molar-refractivity contribution in [2.45, 2.75) is 44.2 Å². The monoisotopic (exact) mass is 234 g/mol. The molecule has 3 heteroatoms. The zero-order valence-corrected chi connectivity index (χ0v) is 10.2. The zero-order chi connectivity index (χ0) is 12.1. The molecule has 0 amide bonds. The Bertz CT molecular complexity index is 348. The molecule has 0 radical (unpaired) electrons. The van der Waals surface area contributed by atoms with Gasteiger partial charge in [-0.2, -0.15) is 0 Å². The van der Waals surface area contributed by atoms with Crippen molar-refractivity contribution in [3.8, 4) is 0 Å². The number of rotatable bonds is 4. The third kappa shape index (κ3) is 3.72. The highest BCUT2D eigenvalue weighted by atomic mass is 16.3.